The van der Waals surface area contributed by atoms with Gasteiger partial charge in [0.15, 0.2) is 0 Å². The van der Waals surface area contributed by atoms with Crippen molar-refractivity contribution in [1.82, 2.24) is 4.31 Å². The first kappa shape index (κ1) is 20.2. The van der Waals surface area contributed by atoms with Gasteiger partial charge in [0.05, 0.1) is 16.8 Å². The van der Waals surface area contributed by atoms with Crippen molar-refractivity contribution in [3.63, 3.8) is 0 Å². The van der Waals surface area contributed by atoms with E-state index in [1.54, 1.807) is 24.3 Å². The number of para-hydroxylation sites is 1. The summed E-state index contributed by atoms with van der Waals surface area (Å²) in [6.07, 6.45) is 3.06. The Bertz CT molecular complexity index is 1090. The number of hydrogen-bond donors (Lipinski definition) is 0. The molecule has 0 radical (unpaired) electrons. The van der Waals surface area contributed by atoms with Crippen LogP contribution in [-0.2, 0) is 26.5 Å². The molecular formula is C20H24N2O5S2. The summed E-state index contributed by atoms with van der Waals surface area (Å²) < 4.78 is 58.1. The number of fused-ring (bicyclic) bond motifs is 1. The molecule has 4 rings (SSSR count). The number of piperidine rings is 1. The molecule has 0 aromatic heterocycles. The first-order valence-electron chi connectivity index (χ1n) is 9.58. The Morgan fingerprint density at radius 1 is 0.897 bits per heavy atom. The van der Waals surface area contributed by atoms with E-state index in [0.717, 1.165) is 11.3 Å². The number of anilines is 1. The van der Waals surface area contributed by atoms with Crippen molar-refractivity contribution in [2.45, 2.75) is 30.3 Å². The largest absolute Gasteiger partial charge is 0.490 e. The minimum Gasteiger partial charge on any atom is -0.490 e. The fourth-order valence-corrected chi connectivity index (χ4v) is 6.23. The highest BCUT2D eigenvalue weighted by Gasteiger charge is 2.31. The molecule has 2 aromatic rings. The summed E-state index contributed by atoms with van der Waals surface area (Å²) in [7, 11) is -6.79. The monoisotopic (exact) mass is 436 g/mol. The van der Waals surface area contributed by atoms with Crippen LogP contribution < -0.4 is 9.04 Å². The minimum absolute atomic E-state index is 0.0825. The lowest BCUT2D eigenvalue weighted by Crippen LogP contribution is -2.41. The van der Waals surface area contributed by atoms with Gasteiger partial charge in [-0.05, 0) is 55.2 Å². The van der Waals surface area contributed by atoms with Crippen molar-refractivity contribution in [1.29, 1.82) is 0 Å². The molecule has 0 spiro atoms. The van der Waals surface area contributed by atoms with Gasteiger partial charge in [0.1, 0.15) is 11.9 Å². The molecule has 156 valence electrons. The third-order valence-electron chi connectivity index (χ3n) is 5.43. The molecular weight excluding hydrogens is 412 g/mol. The molecule has 0 unspecified atom stereocenters. The summed E-state index contributed by atoms with van der Waals surface area (Å²) in [6, 6.07) is 14.0. The van der Waals surface area contributed by atoms with Crippen LogP contribution in [0.2, 0.25) is 0 Å². The van der Waals surface area contributed by atoms with Gasteiger partial charge in [-0.25, -0.2) is 21.1 Å². The molecule has 1 saturated heterocycles. The third kappa shape index (κ3) is 4.12. The van der Waals surface area contributed by atoms with Crippen LogP contribution in [0.3, 0.4) is 0 Å². The van der Waals surface area contributed by atoms with Crippen molar-refractivity contribution in [3.05, 3.63) is 54.1 Å². The number of sulfonamides is 2. The first-order valence-corrected chi connectivity index (χ1v) is 12.9. The van der Waals surface area contributed by atoms with Gasteiger partial charge in [0, 0.05) is 19.6 Å². The maximum absolute atomic E-state index is 13.1. The molecule has 2 aliphatic rings. The van der Waals surface area contributed by atoms with E-state index in [4.69, 9.17) is 4.74 Å². The van der Waals surface area contributed by atoms with Crippen molar-refractivity contribution >= 4 is 25.7 Å². The van der Waals surface area contributed by atoms with Crippen LogP contribution in [0.4, 0.5) is 5.69 Å². The van der Waals surface area contributed by atoms with Gasteiger partial charge in [0.2, 0.25) is 10.0 Å². The van der Waals surface area contributed by atoms with Crippen molar-refractivity contribution in [3.8, 4) is 5.75 Å². The van der Waals surface area contributed by atoms with E-state index in [-0.39, 0.29) is 11.0 Å². The summed E-state index contributed by atoms with van der Waals surface area (Å²) in [5, 5.41) is 0. The van der Waals surface area contributed by atoms with Crippen LogP contribution in [0.5, 0.6) is 5.75 Å². The maximum Gasteiger partial charge on any atom is 0.264 e. The molecule has 2 aromatic carbocycles. The summed E-state index contributed by atoms with van der Waals surface area (Å²) in [6.45, 7) is 1.31. The molecule has 2 aliphatic heterocycles. The summed E-state index contributed by atoms with van der Waals surface area (Å²) in [4.78, 5) is 0.230. The summed E-state index contributed by atoms with van der Waals surface area (Å²) in [5.74, 6) is 0.587. The van der Waals surface area contributed by atoms with E-state index in [2.05, 4.69) is 0 Å². The fraction of sp³-hybridized carbons (Fsp3) is 0.400. The Labute approximate surface area is 172 Å². The number of benzene rings is 2. The van der Waals surface area contributed by atoms with E-state index in [9.17, 15) is 16.8 Å². The highest BCUT2D eigenvalue weighted by atomic mass is 32.2. The minimum atomic E-state index is -3.62. The zero-order valence-corrected chi connectivity index (χ0v) is 17.8. The van der Waals surface area contributed by atoms with E-state index < -0.39 is 20.0 Å². The van der Waals surface area contributed by atoms with Crippen LogP contribution in [0, 0.1) is 0 Å². The van der Waals surface area contributed by atoms with Crippen molar-refractivity contribution in [2.24, 2.45) is 0 Å². The molecule has 0 bridgehead atoms. The standard InChI is InChI=1S/C20H24N2O5S2/c1-28(23,24)21-13-11-18(12-14-21)27-17-6-8-19(9-7-17)29(25,26)22-15-10-16-4-2-3-5-20(16)22/h2-9,18H,10-15H2,1H3. The lowest BCUT2D eigenvalue weighted by molar-refractivity contribution is 0.135. The molecule has 0 aliphatic carbocycles. The van der Waals surface area contributed by atoms with Gasteiger partial charge in [0.25, 0.3) is 10.0 Å². The average Bonchev–Trinajstić information content (AvgIpc) is 3.13. The number of rotatable bonds is 5. The van der Waals surface area contributed by atoms with Crippen LogP contribution in [-0.4, -0.2) is 53.1 Å². The Morgan fingerprint density at radius 3 is 2.21 bits per heavy atom. The number of ether oxygens (including phenoxy) is 1. The average molecular weight is 437 g/mol. The van der Waals surface area contributed by atoms with Crippen LogP contribution in [0.25, 0.3) is 0 Å². The number of nitrogens with zero attached hydrogens (tertiary/aromatic N) is 2. The third-order valence-corrected chi connectivity index (χ3v) is 8.56. The van der Waals surface area contributed by atoms with Gasteiger partial charge in [-0.1, -0.05) is 18.2 Å². The Morgan fingerprint density at radius 2 is 1.55 bits per heavy atom. The quantitative estimate of drug-likeness (QED) is 0.718. The molecule has 9 heteroatoms. The van der Waals surface area contributed by atoms with Crippen LogP contribution >= 0.6 is 0 Å². The SMILES string of the molecule is CS(=O)(=O)N1CCC(Oc2ccc(S(=O)(=O)N3CCc4ccccc43)cc2)CC1. The molecule has 0 N–H and O–H groups in total. The molecule has 2 heterocycles. The van der Waals surface area contributed by atoms with E-state index in [1.165, 1.54) is 14.9 Å². The zero-order valence-electron chi connectivity index (χ0n) is 16.2. The van der Waals surface area contributed by atoms with Gasteiger partial charge >= 0.3 is 0 Å². The van der Waals surface area contributed by atoms with Gasteiger partial charge in [-0.15, -0.1) is 0 Å². The summed E-state index contributed by atoms with van der Waals surface area (Å²) >= 11 is 0. The topological polar surface area (TPSA) is 84.0 Å². The normalized spacial score (nSPS) is 18.6. The molecule has 0 atom stereocenters. The predicted molar refractivity (Wildman–Crippen MR) is 111 cm³/mol. The second kappa shape index (κ2) is 7.62. The molecule has 0 amide bonds. The first-order chi connectivity index (χ1) is 13.7. The van der Waals surface area contributed by atoms with Crippen molar-refractivity contribution in [2.75, 3.05) is 30.2 Å². The predicted octanol–water partition coefficient (Wildman–Crippen LogP) is 2.24. The van der Waals surface area contributed by atoms with Crippen molar-refractivity contribution < 1.29 is 21.6 Å². The lowest BCUT2D eigenvalue weighted by atomic mass is 10.1. The van der Waals surface area contributed by atoms with E-state index in [1.807, 2.05) is 24.3 Å². The molecule has 0 saturated carbocycles. The highest BCUT2D eigenvalue weighted by molar-refractivity contribution is 7.92. The second-order valence-electron chi connectivity index (χ2n) is 7.41. The molecule has 29 heavy (non-hydrogen) atoms. The van der Waals surface area contributed by atoms with Gasteiger partial charge in [-0.3, -0.25) is 4.31 Å². The van der Waals surface area contributed by atoms with Crippen LogP contribution in [0.1, 0.15) is 18.4 Å². The zero-order chi connectivity index (χ0) is 20.6. The Kier molecular flexibility index (Phi) is 5.30. The summed E-state index contributed by atoms with van der Waals surface area (Å²) in [5.41, 5.74) is 1.78. The Balaban J connectivity index is 1.43. The van der Waals surface area contributed by atoms with Gasteiger partial charge in [-0.2, -0.15) is 0 Å². The smallest absolute Gasteiger partial charge is 0.264 e. The second-order valence-corrected chi connectivity index (χ2v) is 11.3. The number of hydrogen-bond acceptors (Lipinski definition) is 5. The molecule has 7 nitrogen and oxygen atoms in total. The Hall–Kier alpha value is -2.10. The maximum atomic E-state index is 13.1. The fourth-order valence-electron chi connectivity index (χ4n) is 3.85. The lowest BCUT2D eigenvalue weighted by Gasteiger charge is -2.30. The molecule has 1 fully saturated rings. The van der Waals surface area contributed by atoms with Gasteiger partial charge < -0.3 is 4.74 Å². The van der Waals surface area contributed by atoms with E-state index >= 15 is 0 Å². The highest BCUT2D eigenvalue weighted by Crippen LogP contribution is 2.33. The van der Waals surface area contributed by atoms with E-state index in [0.29, 0.717) is 44.6 Å². The van der Waals surface area contributed by atoms with Crippen LogP contribution in [0.15, 0.2) is 53.4 Å².